The molecule has 0 radical (unpaired) electrons. The van der Waals surface area contributed by atoms with Gasteiger partial charge in [-0.25, -0.2) is 4.57 Å². The predicted molar refractivity (Wildman–Crippen MR) is 238 cm³/mol. The summed E-state index contributed by atoms with van der Waals surface area (Å²) in [4.78, 5) is 33.9. The van der Waals surface area contributed by atoms with E-state index >= 15 is 0 Å². The molecule has 0 saturated carbocycles. The van der Waals surface area contributed by atoms with Crippen LogP contribution in [-0.2, 0) is 27.9 Å². The lowest BCUT2D eigenvalue weighted by molar-refractivity contribution is -0.147. The summed E-state index contributed by atoms with van der Waals surface area (Å²) in [6.07, 6.45) is 52.6. The summed E-state index contributed by atoms with van der Waals surface area (Å²) in [6, 6.07) is 0. The van der Waals surface area contributed by atoms with Crippen LogP contribution in [0.4, 0.5) is 0 Å². The summed E-state index contributed by atoms with van der Waals surface area (Å²) in [6.45, 7) is 3.42. The van der Waals surface area contributed by atoms with Crippen LogP contribution in [0.3, 0.4) is 0 Å². The zero-order chi connectivity index (χ0) is 41.8. The molecular weight excluding hydrogens is 737 g/mol. The van der Waals surface area contributed by atoms with Crippen LogP contribution >= 0.6 is 7.82 Å². The van der Waals surface area contributed by atoms with E-state index in [9.17, 15) is 24.2 Å². The normalized spacial score (nSPS) is 14.0. The summed E-state index contributed by atoms with van der Waals surface area (Å²) in [5, 5.41) is 12.7. The number of unbranched alkanes of at least 4 members (excludes halogenated alkanes) is 16. The fourth-order valence-electron chi connectivity index (χ4n) is 5.69. The minimum absolute atomic E-state index is 0.0691. The Bertz CT molecular complexity index is 1160. The van der Waals surface area contributed by atoms with Crippen LogP contribution in [0.1, 0.15) is 181 Å². The first-order valence-electron chi connectivity index (χ1n) is 22.4. The number of aliphatic hydroxyl groups excluding tert-OH is 1. The molecule has 0 aromatic heterocycles. The molecule has 0 aromatic carbocycles. The standard InChI is InChI=1S/C47H82NO8P/c1-3-5-7-9-11-13-15-17-18-19-20-21-22-23-24-25-26-28-30-32-34-36-38-40-47(51)54-43-45(49)44-56-57(52,53)55-42-41-48-46(50)39-37-35-33-31-29-27-16-14-12-10-8-6-4-2/h8,10-11,13-14,16-18,20-21,23-24,45,49H,3-7,9,12,15,19,22,25-44H2,1-2H3,(H,48,50)(H,52,53)/b10-8-,13-11-,16-14-,18-17-,21-20-,24-23-. The molecule has 0 spiro atoms. The maximum atomic E-state index is 12.1. The third-order valence-electron chi connectivity index (χ3n) is 9.09. The number of allylic oxidation sites excluding steroid dienone is 12. The minimum Gasteiger partial charge on any atom is -0.463 e. The van der Waals surface area contributed by atoms with Gasteiger partial charge in [0.15, 0.2) is 0 Å². The molecule has 0 rings (SSSR count). The summed E-state index contributed by atoms with van der Waals surface area (Å²) in [7, 11) is -4.43. The van der Waals surface area contributed by atoms with Crippen LogP contribution in [0.25, 0.3) is 0 Å². The number of carbonyl (C=O) groups is 2. The van der Waals surface area contributed by atoms with Gasteiger partial charge >= 0.3 is 13.8 Å². The van der Waals surface area contributed by atoms with E-state index in [2.05, 4.69) is 92.1 Å². The van der Waals surface area contributed by atoms with Crippen molar-refractivity contribution in [2.45, 2.75) is 187 Å². The van der Waals surface area contributed by atoms with Crippen LogP contribution in [0.2, 0.25) is 0 Å². The highest BCUT2D eigenvalue weighted by molar-refractivity contribution is 7.47. The number of hydrogen-bond acceptors (Lipinski definition) is 7. The van der Waals surface area contributed by atoms with Crippen molar-refractivity contribution in [3.8, 4) is 0 Å². The number of amides is 1. The fourth-order valence-corrected chi connectivity index (χ4v) is 6.45. The van der Waals surface area contributed by atoms with Crippen LogP contribution < -0.4 is 5.32 Å². The molecule has 3 N–H and O–H groups in total. The van der Waals surface area contributed by atoms with Crippen molar-refractivity contribution < 1.29 is 37.9 Å². The Morgan fingerprint density at radius 1 is 0.544 bits per heavy atom. The quantitative estimate of drug-likeness (QED) is 0.0240. The molecule has 0 heterocycles. The number of rotatable bonds is 41. The lowest BCUT2D eigenvalue weighted by Gasteiger charge is -2.15. The topological polar surface area (TPSA) is 131 Å². The number of phosphoric acid groups is 1. The summed E-state index contributed by atoms with van der Waals surface area (Å²) in [5.74, 6) is -0.547. The molecule has 328 valence electrons. The Hall–Kier alpha value is -2.55. The zero-order valence-electron chi connectivity index (χ0n) is 36.0. The van der Waals surface area contributed by atoms with Crippen molar-refractivity contribution in [3.05, 3.63) is 72.9 Å². The zero-order valence-corrected chi connectivity index (χ0v) is 36.9. The molecule has 0 fully saturated rings. The molecule has 0 aliphatic heterocycles. The predicted octanol–water partition coefficient (Wildman–Crippen LogP) is 12.7. The van der Waals surface area contributed by atoms with Crippen molar-refractivity contribution in [3.63, 3.8) is 0 Å². The Morgan fingerprint density at radius 3 is 1.49 bits per heavy atom. The maximum absolute atomic E-state index is 12.1. The van der Waals surface area contributed by atoms with Crippen LogP contribution in [0.15, 0.2) is 72.9 Å². The van der Waals surface area contributed by atoms with E-state index < -0.39 is 26.5 Å². The number of phosphoric ester groups is 1. The molecule has 0 aliphatic rings. The highest BCUT2D eigenvalue weighted by Crippen LogP contribution is 2.42. The van der Waals surface area contributed by atoms with Crippen LogP contribution in [-0.4, -0.2) is 54.3 Å². The minimum atomic E-state index is -4.43. The highest BCUT2D eigenvalue weighted by atomic mass is 31.2. The molecule has 10 heteroatoms. The summed E-state index contributed by atoms with van der Waals surface area (Å²) >= 11 is 0. The van der Waals surface area contributed by atoms with Crippen LogP contribution in [0.5, 0.6) is 0 Å². The molecule has 9 nitrogen and oxygen atoms in total. The van der Waals surface area contributed by atoms with Crippen molar-refractivity contribution in [2.24, 2.45) is 0 Å². The smallest absolute Gasteiger partial charge is 0.463 e. The van der Waals surface area contributed by atoms with Gasteiger partial charge in [-0.2, -0.15) is 0 Å². The third kappa shape index (κ3) is 44.4. The average molecular weight is 820 g/mol. The SMILES string of the molecule is CCC/C=C\C/C=C\CCCCCCCC(=O)NCCOP(=O)(O)OCC(O)COC(=O)CCCCCCCCC/C=C\C/C=C\C/C=C\C/C=C\CCCCC. The number of esters is 1. The molecule has 57 heavy (non-hydrogen) atoms. The van der Waals surface area contributed by atoms with E-state index in [1.807, 2.05) is 0 Å². The molecule has 0 saturated heterocycles. The van der Waals surface area contributed by atoms with Crippen molar-refractivity contribution in [2.75, 3.05) is 26.4 Å². The Kier molecular flexibility index (Phi) is 41.1. The number of ether oxygens (including phenoxy) is 1. The molecule has 0 bridgehead atoms. The lowest BCUT2D eigenvalue weighted by atomic mass is 10.1. The molecule has 2 atom stereocenters. The molecule has 0 aromatic rings. The summed E-state index contributed by atoms with van der Waals surface area (Å²) in [5.41, 5.74) is 0. The Labute approximate surface area is 348 Å². The molecule has 1 amide bonds. The van der Waals surface area contributed by atoms with E-state index in [4.69, 9.17) is 13.8 Å². The van der Waals surface area contributed by atoms with Gasteiger partial charge in [0.05, 0.1) is 13.2 Å². The van der Waals surface area contributed by atoms with Crippen molar-refractivity contribution in [1.82, 2.24) is 5.32 Å². The van der Waals surface area contributed by atoms with E-state index in [0.717, 1.165) is 103 Å². The lowest BCUT2D eigenvalue weighted by Crippen LogP contribution is -2.27. The van der Waals surface area contributed by atoms with Gasteiger partial charge in [-0.1, -0.05) is 157 Å². The first-order chi connectivity index (χ1) is 27.8. The second-order valence-electron chi connectivity index (χ2n) is 14.7. The number of carbonyl (C=O) groups excluding carboxylic acids is 2. The number of aliphatic hydroxyl groups is 1. The first-order valence-corrected chi connectivity index (χ1v) is 23.9. The van der Waals surface area contributed by atoms with Crippen molar-refractivity contribution in [1.29, 1.82) is 0 Å². The van der Waals surface area contributed by atoms with Gasteiger partial charge in [0.1, 0.15) is 12.7 Å². The van der Waals surface area contributed by atoms with E-state index in [1.54, 1.807) is 0 Å². The van der Waals surface area contributed by atoms with Gasteiger partial charge in [-0.3, -0.25) is 18.6 Å². The second kappa shape index (κ2) is 43.0. The van der Waals surface area contributed by atoms with Gasteiger partial charge in [0, 0.05) is 19.4 Å². The first kappa shape index (κ1) is 54.5. The van der Waals surface area contributed by atoms with Gasteiger partial charge in [-0.15, -0.1) is 0 Å². The van der Waals surface area contributed by atoms with Gasteiger partial charge in [0.2, 0.25) is 5.91 Å². The van der Waals surface area contributed by atoms with E-state index in [-0.39, 0.29) is 32.1 Å². The summed E-state index contributed by atoms with van der Waals surface area (Å²) < 4.78 is 26.9. The third-order valence-corrected chi connectivity index (χ3v) is 10.1. The van der Waals surface area contributed by atoms with Crippen LogP contribution in [0, 0.1) is 0 Å². The molecular formula is C47H82NO8P. The largest absolute Gasteiger partial charge is 0.472 e. The van der Waals surface area contributed by atoms with E-state index in [1.165, 1.54) is 51.4 Å². The molecule has 0 aliphatic carbocycles. The monoisotopic (exact) mass is 820 g/mol. The Balaban J connectivity index is 3.64. The van der Waals surface area contributed by atoms with Gasteiger partial charge in [-0.05, 0) is 83.5 Å². The maximum Gasteiger partial charge on any atom is 0.472 e. The second-order valence-corrected chi connectivity index (χ2v) is 16.1. The number of hydrogen-bond donors (Lipinski definition) is 3. The van der Waals surface area contributed by atoms with Gasteiger partial charge < -0.3 is 20.1 Å². The van der Waals surface area contributed by atoms with Crippen molar-refractivity contribution >= 4 is 19.7 Å². The van der Waals surface area contributed by atoms with E-state index in [0.29, 0.717) is 6.42 Å². The van der Waals surface area contributed by atoms with Gasteiger partial charge in [0.25, 0.3) is 0 Å². The average Bonchev–Trinajstić information content (AvgIpc) is 3.20. The fraction of sp³-hybridized carbons (Fsp3) is 0.702. The Morgan fingerprint density at radius 2 is 0.982 bits per heavy atom. The number of nitrogens with one attached hydrogen (secondary N) is 1. The molecule has 2 unspecified atom stereocenters. The highest BCUT2D eigenvalue weighted by Gasteiger charge is 2.23.